The van der Waals surface area contributed by atoms with E-state index in [1.54, 1.807) is 47.8 Å². The van der Waals surface area contributed by atoms with Gasteiger partial charge in [0, 0.05) is 56.9 Å². The Morgan fingerprint density at radius 3 is 2.48 bits per heavy atom. The van der Waals surface area contributed by atoms with E-state index in [0.29, 0.717) is 35.1 Å². The van der Waals surface area contributed by atoms with Gasteiger partial charge in [-0.05, 0) is 31.0 Å². The van der Waals surface area contributed by atoms with E-state index in [1.807, 2.05) is 0 Å². The maximum atomic E-state index is 14.0. The minimum atomic E-state index is -0.567. The summed E-state index contributed by atoms with van der Waals surface area (Å²) in [6, 6.07) is 4.30. The van der Waals surface area contributed by atoms with E-state index in [-0.39, 0.29) is 11.6 Å². The molecule has 1 aromatic carbocycles. The van der Waals surface area contributed by atoms with Crippen LogP contribution in [0.15, 0.2) is 24.4 Å². The molecule has 7 heteroatoms. The van der Waals surface area contributed by atoms with E-state index in [4.69, 9.17) is 4.74 Å². The zero-order chi connectivity index (χ0) is 19.7. The van der Waals surface area contributed by atoms with Crippen molar-refractivity contribution in [3.8, 4) is 0 Å². The smallest absolute Gasteiger partial charge is 0.355 e. The third-order valence-corrected chi connectivity index (χ3v) is 4.82. The molecule has 0 N–H and O–H groups in total. The monoisotopic (exact) mass is 373 g/mol. The summed E-state index contributed by atoms with van der Waals surface area (Å²) in [6.07, 6.45) is 3.59. The number of halogens is 1. The Hall–Kier alpha value is -2.83. The largest absolute Gasteiger partial charge is 0.464 e. The molecule has 0 unspecified atom stereocenters. The van der Waals surface area contributed by atoms with Crippen molar-refractivity contribution < 1.29 is 18.7 Å². The average Bonchev–Trinajstić information content (AvgIpc) is 3.25. The maximum absolute atomic E-state index is 14.0. The summed E-state index contributed by atoms with van der Waals surface area (Å²) in [5.74, 6) is -1.16. The number of methoxy groups -OCH3 is 1. The van der Waals surface area contributed by atoms with Crippen molar-refractivity contribution in [1.29, 1.82) is 0 Å². The number of rotatable bonds is 4. The summed E-state index contributed by atoms with van der Waals surface area (Å²) in [7, 11) is 6.62. The van der Waals surface area contributed by atoms with Gasteiger partial charge in [0.25, 0.3) is 5.91 Å². The van der Waals surface area contributed by atoms with Crippen LogP contribution in [-0.4, -0.2) is 60.5 Å². The predicted octanol–water partition coefficient (Wildman–Crippen LogP) is 2.63. The summed E-state index contributed by atoms with van der Waals surface area (Å²) in [4.78, 5) is 29.3. The first-order chi connectivity index (χ1) is 12.8. The van der Waals surface area contributed by atoms with Crippen LogP contribution in [0.2, 0.25) is 0 Å². The molecule has 1 aliphatic rings. The fourth-order valence-corrected chi connectivity index (χ4v) is 3.60. The van der Waals surface area contributed by atoms with Gasteiger partial charge in [0.05, 0.1) is 12.7 Å². The van der Waals surface area contributed by atoms with Crippen LogP contribution in [0.4, 0.5) is 4.39 Å². The standard InChI is InChI=1S/C20H24FN3O3/c1-22(2)12-15(19(25)24-9-5-6-10-24)17-14-11-13(21)7-8-16(14)23(3)18(17)20(26)27-4/h7-8,11-12H,5-6,9-10H2,1-4H3. The Morgan fingerprint density at radius 1 is 1.22 bits per heavy atom. The number of amides is 1. The molecule has 3 rings (SSSR count). The van der Waals surface area contributed by atoms with Crippen LogP contribution < -0.4 is 0 Å². The van der Waals surface area contributed by atoms with Crippen LogP contribution in [0.3, 0.4) is 0 Å². The lowest BCUT2D eigenvalue weighted by atomic mass is 10.0. The third kappa shape index (κ3) is 3.41. The summed E-state index contributed by atoms with van der Waals surface area (Å²) in [5, 5.41) is 0.513. The number of benzene rings is 1. The number of hydrogen-bond acceptors (Lipinski definition) is 4. The highest BCUT2D eigenvalue weighted by Gasteiger charge is 2.31. The van der Waals surface area contributed by atoms with Crippen LogP contribution in [-0.2, 0) is 16.6 Å². The molecule has 1 amide bonds. The second kappa shape index (κ2) is 7.42. The molecule has 1 aliphatic heterocycles. The lowest BCUT2D eigenvalue weighted by Gasteiger charge is -2.20. The van der Waals surface area contributed by atoms with Gasteiger partial charge >= 0.3 is 5.97 Å². The number of hydrogen-bond donors (Lipinski definition) is 0. The quantitative estimate of drug-likeness (QED) is 0.611. The summed E-state index contributed by atoms with van der Waals surface area (Å²) < 4.78 is 20.6. The van der Waals surface area contributed by atoms with Gasteiger partial charge in [0.2, 0.25) is 0 Å². The van der Waals surface area contributed by atoms with Crippen molar-refractivity contribution in [2.24, 2.45) is 7.05 Å². The Bertz CT molecular complexity index is 924. The molecule has 6 nitrogen and oxygen atoms in total. The zero-order valence-electron chi connectivity index (χ0n) is 16.1. The molecule has 1 fully saturated rings. The second-order valence-electron chi connectivity index (χ2n) is 6.94. The fraction of sp³-hybridized carbons (Fsp3) is 0.400. The number of fused-ring (bicyclic) bond motifs is 1. The first-order valence-electron chi connectivity index (χ1n) is 8.89. The average molecular weight is 373 g/mol. The number of aryl methyl sites for hydroxylation is 1. The number of carbonyl (C=O) groups is 2. The lowest BCUT2D eigenvalue weighted by molar-refractivity contribution is -0.124. The van der Waals surface area contributed by atoms with Crippen molar-refractivity contribution in [3.05, 3.63) is 41.5 Å². The van der Waals surface area contributed by atoms with Gasteiger partial charge in [-0.1, -0.05) is 0 Å². The molecule has 27 heavy (non-hydrogen) atoms. The molecular weight excluding hydrogens is 349 g/mol. The van der Waals surface area contributed by atoms with Gasteiger partial charge in [0.15, 0.2) is 0 Å². The molecule has 0 aliphatic carbocycles. The molecule has 0 bridgehead atoms. The molecule has 0 radical (unpaired) electrons. The topological polar surface area (TPSA) is 54.8 Å². The van der Waals surface area contributed by atoms with E-state index >= 15 is 0 Å². The Kier molecular flexibility index (Phi) is 5.21. The van der Waals surface area contributed by atoms with E-state index in [1.165, 1.54) is 19.2 Å². The van der Waals surface area contributed by atoms with E-state index in [2.05, 4.69) is 0 Å². The van der Waals surface area contributed by atoms with Crippen LogP contribution in [0.25, 0.3) is 16.5 Å². The minimum Gasteiger partial charge on any atom is -0.464 e. The van der Waals surface area contributed by atoms with Crippen molar-refractivity contribution in [2.75, 3.05) is 34.3 Å². The van der Waals surface area contributed by atoms with Gasteiger partial charge in [-0.25, -0.2) is 9.18 Å². The molecule has 1 aromatic heterocycles. The predicted molar refractivity (Wildman–Crippen MR) is 102 cm³/mol. The number of carbonyl (C=O) groups excluding carboxylic acids is 2. The lowest BCUT2D eigenvalue weighted by Crippen LogP contribution is -2.29. The summed E-state index contributed by atoms with van der Waals surface area (Å²) in [5.41, 5.74) is 1.66. The SMILES string of the molecule is COC(=O)c1c(C(=CN(C)C)C(=O)N2CCCC2)c2cc(F)ccc2n1C. The molecule has 0 atom stereocenters. The van der Waals surface area contributed by atoms with E-state index in [9.17, 15) is 14.0 Å². The molecule has 1 saturated heterocycles. The second-order valence-corrected chi connectivity index (χ2v) is 6.94. The highest BCUT2D eigenvalue weighted by molar-refractivity contribution is 6.25. The van der Waals surface area contributed by atoms with Crippen LogP contribution in [0.5, 0.6) is 0 Å². The Balaban J connectivity index is 2.31. The van der Waals surface area contributed by atoms with Crippen LogP contribution >= 0.6 is 0 Å². The number of aromatic nitrogens is 1. The van der Waals surface area contributed by atoms with Crippen molar-refractivity contribution in [2.45, 2.75) is 12.8 Å². The van der Waals surface area contributed by atoms with Gasteiger partial charge in [0.1, 0.15) is 11.5 Å². The van der Waals surface area contributed by atoms with Gasteiger partial charge in [-0.2, -0.15) is 0 Å². The number of esters is 1. The maximum Gasteiger partial charge on any atom is 0.355 e. The number of likely N-dealkylation sites (tertiary alicyclic amines) is 1. The minimum absolute atomic E-state index is 0.164. The van der Waals surface area contributed by atoms with Gasteiger partial charge in [-0.3, -0.25) is 4.79 Å². The van der Waals surface area contributed by atoms with Crippen LogP contribution in [0.1, 0.15) is 28.9 Å². The zero-order valence-corrected chi connectivity index (χ0v) is 16.1. The number of nitrogens with zero attached hydrogens (tertiary/aromatic N) is 3. The molecule has 144 valence electrons. The van der Waals surface area contributed by atoms with Crippen molar-refractivity contribution in [3.63, 3.8) is 0 Å². The van der Waals surface area contributed by atoms with Gasteiger partial charge < -0.3 is 19.1 Å². The first-order valence-corrected chi connectivity index (χ1v) is 8.89. The van der Waals surface area contributed by atoms with E-state index in [0.717, 1.165) is 12.8 Å². The molecule has 2 aromatic rings. The van der Waals surface area contributed by atoms with E-state index < -0.39 is 11.8 Å². The van der Waals surface area contributed by atoms with Gasteiger partial charge in [-0.15, -0.1) is 0 Å². The third-order valence-electron chi connectivity index (χ3n) is 4.82. The highest BCUT2D eigenvalue weighted by atomic mass is 19.1. The number of ether oxygens (including phenoxy) is 1. The molecule has 0 saturated carbocycles. The molecule has 2 heterocycles. The summed E-state index contributed by atoms with van der Waals surface area (Å²) in [6.45, 7) is 1.35. The Labute approximate surface area is 157 Å². The molecular formula is C20H24FN3O3. The highest BCUT2D eigenvalue weighted by Crippen LogP contribution is 2.34. The first kappa shape index (κ1) is 18.9. The summed E-state index contributed by atoms with van der Waals surface area (Å²) >= 11 is 0. The molecule has 0 spiro atoms. The van der Waals surface area contributed by atoms with Crippen molar-refractivity contribution in [1.82, 2.24) is 14.4 Å². The van der Waals surface area contributed by atoms with Crippen molar-refractivity contribution >= 4 is 28.4 Å². The normalized spacial score (nSPS) is 14.7. The van der Waals surface area contributed by atoms with Crippen LogP contribution in [0, 0.1) is 5.82 Å². The Morgan fingerprint density at radius 2 is 1.89 bits per heavy atom. The fourth-order valence-electron chi connectivity index (χ4n) is 3.60.